The van der Waals surface area contributed by atoms with E-state index in [1.54, 1.807) is 32.9 Å². The summed E-state index contributed by atoms with van der Waals surface area (Å²) in [6.45, 7) is 3.15. The molecule has 0 spiro atoms. The second-order valence-corrected chi connectivity index (χ2v) is 8.98. The molecular formula is C26H26F3N5O3. The molecule has 3 N–H and O–H groups in total. The molecule has 0 fully saturated rings. The highest BCUT2D eigenvalue weighted by atomic mass is 19.1. The van der Waals surface area contributed by atoms with Crippen LogP contribution in [-0.4, -0.2) is 21.1 Å². The van der Waals surface area contributed by atoms with E-state index < -0.39 is 24.8 Å². The lowest BCUT2D eigenvalue weighted by atomic mass is 9.94. The molecule has 1 atom stereocenters. The molecular weight excluding hydrogens is 487 g/mol. The molecule has 11 heteroatoms. The third-order valence-corrected chi connectivity index (χ3v) is 5.93. The Labute approximate surface area is 211 Å². The van der Waals surface area contributed by atoms with Crippen LogP contribution in [0.15, 0.2) is 45.2 Å². The molecule has 2 aromatic carbocycles. The Hall–Kier alpha value is -3.99. The maximum atomic E-state index is 14.0. The SMILES string of the molecule is Cc1nc(CNC(=O)c2cc(CF)c(CF)c(-c3nnc(C(C)(N)Cc4ccc(F)cc4)o3)c2)c(C)o1. The van der Waals surface area contributed by atoms with Crippen LogP contribution in [-0.2, 0) is 31.9 Å². The summed E-state index contributed by atoms with van der Waals surface area (Å²) < 4.78 is 52.2. The molecule has 194 valence electrons. The summed E-state index contributed by atoms with van der Waals surface area (Å²) in [6, 6.07) is 8.48. The van der Waals surface area contributed by atoms with Crippen molar-refractivity contribution in [2.24, 2.45) is 5.73 Å². The highest BCUT2D eigenvalue weighted by molar-refractivity contribution is 5.95. The highest BCUT2D eigenvalue weighted by Crippen LogP contribution is 2.31. The van der Waals surface area contributed by atoms with E-state index in [1.165, 1.54) is 24.3 Å². The number of carbonyl (C=O) groups is 1. The number of aromatic nitrogens is 3. The monoisotopic (exact) mass is 513 g/mol. The molecule has 4 aromatic rings. The van der Waals surface area contributed by atoms with Gasteiger partial charge < -0.3 is 19.9 Å². The molecule has 0 aliphatic carbocycles. The summed E-state index contributed by atoms with van der Waals surface area (Å²) in [6.07, 6.45) is 0.254. The summed E-state index contributed by atoms with van der Waals surface area (Å²) in [5.41, 5.74) is 6.73. The number of hydrogen-bond donors (Lipinski definition) is 2. The number of benzene rings is 2. The normalized spacial score (nSPS) is 12.9. The predicted octanol–water partition coefficient (Wildman–Crippen LogP) is 4.77. The summed E-state index contributed by atoms with van der Waals surface area (Å²) in [5, 5.41) is 10.7. The predicted molar refractivity (Wildman–Crippen MR) is 128 cm³/mol. The van der Waals surface area contributed by atoms with Crippen molar-refractivity contribution in [2.75, 3.05) is 0 Å². The van der Waals surface area contributed by atoms with Crippen LogP contribution in [0.4, 0.5) is 13.2 Å². The number of nitrogens with two attached hydrogens (primary N) is 1. The minimum absolute atomic E-state index is 0.00511. The topological polar surface area (TPSA) is 120 Å². The fourth-order valence-corrected chi connectivity index (χ4v) is 4.00. The van der Waals surface area contributed by atoms with Crippen molar-refractivity contribution < 1.29 is 26.8 Å². The van der Waals surface area contributed by atoms with Gasteiger partial charge in [0.1, 0.15) is 30.6 Å². The first kappa shape index (κ1) is 26.1. The van der Waals surface area contributed by atoms with E-state index >= 15 is 0 Å². The van der Waals surface area contributed by atoms with E-state index in [-0.39, 0.29) is 52.8 Å². The first-order chi connectivity index (χ1) is 17.6. The lowest BCUT2D eigenvalue weighted by Gasteiger charge is -2.20. The molecule has 0 saturated heterocycles. The molecule has 1 unspecified atom stereocenters. The summed E-state index contributed by atoms with van der Waals surface area (Å²) in [5.74, 6) is 0.0753. The average Bonchev–Trinajstić information content (AvgIpc) is 3.49. The fourth-order valence-electron chi connectivity index (χ4n) is 4.00. The van der Waals surface area contributed by atoms with Crippen molar-refractivity contribution in [3.05, 3.63) is 87.7 Å². The van der Waals surface area contributed by atoms with Crippen LogP contribution < -0.4 is 11.1 Å². The number of hydrogen-bond acceptors (Lipinski definition) is 7. The van der Waals surface area contributed by atoms with E-state index in [4.69, 9.17) is 14.6 Å². The van der Waals surface area contributed by atoms with Gasteiger partial charge in [-0.3, -0.25) is 4.79 Å². The van der Waals surface area contributed by atoms with Crippen LogP contribution in [0, 0.1) is 19.7 Å². The number of rotatable bonds is 9. The Morgan fingerprint density at radius 2 is 1.81 bits per heavy atom. The van der Waals surface area contributed by atoms with Crippen LogP contribution >= 0.6 is 0 Å². The Bertz CT molecular complexity index is 1410. The lowest BCUT2D eigenvalue weighted by Crippen LogP contribution is -2.35. The minimum Gasteiger partial charge on any atom is -0.446 e. The van der Waals surface area contributed by atoms with Gasteiger partial charge in [-0.2, -0.15) is 0 Å². The molecule has 0 bridgehead atoms. The lowest BCUT2D eigenvalue weighted by molar-refractivity contribution is 0.0950. The van der Waals surface area contributed by atoms with Crippen LogP contribution in [0.5, 0.6) is 0 Å². The van der Waals surface area contributed by atoms with Crippen LogP contribution in [0.3, 0.4) is 0 Å². The van der Waals surface area contributed by atoms with Gasteiger partial charge in [0.15, 0.2) is 5.89 Å². The Morgan fingerprint density at radius 1 is 1.08 bits per heavy atom. The number of aryl methyl sites for hydroxylation is 2. The van der Waals surface area contributed by atoms with E-state index in [2.05, 4.69) is 20.5 Å². The summed E-state index contributed by atoms with van der Waals surface area (Å²) in [4.78, 5) is 17.1. The standard InChI is InChI=1S/C26H26F3N5O3/c1-14-22(32-15(2)36-14)13-31-23(35)17-8-18(11-27)21(12-28)20(9-17)24-33-34-25(37-24)26(3,30)10-16-4-6-19(29)7-5-16/h4-9H,10-13,30H2,1-3H3,(H,31,35). The molecule has 0 aliphatic rings. The fraction of sp³-hybridized carbons (Fsp3) is 0.308. The zero-order valence-corrected chi connectivity index (χ0v) is 20.6. The van der Waals surface area contributed by atoms with Crippen molar-refractivity contribution in [3.63, 3.8) is 0 Å². The molecule has 0 radical (unpaired) electrons. The number of halogens is 3. The van der Waals surface area contributed by atoms with Crippen LogP contribution in [0.1, 0.15) is 57.2 Å². The van der Waals surface area contributed by atoms with Crippen molar-refractivity contribution in [2.45, 2.75) is 52.6 Å². The van der Waals surface area contributed by atoms with Crippen molar-refractivity contribution in [1.29, 1.82) is 0 Å². The third-order valence-electron chi connectivity index (χ3n) is 5.93. The Kier molecular flexibility index (Phi) is 7.44. The van der Waals surface area contributed by atoms with E-state index in [0.717, 1.165) is 5.56 Å². The number of amides is 1. The maximum Gasteiger partial charge on any atom is 0.251 e. The second kappa shape index (κ2) is 10.6. The minimum atomic E-state index is -1.13. The summed E-state index contributed by atoms with van der Waals surface area (Å²) in [7, 11) is 0. The second-order valence-electron chi connectivity index (χ2n) is 8.98. The van der Waals surface area contributed by atoms with Gasteiger partial charge in [-0.15, -0.1) is 10.2 Å². The van der Waals surface area contributed by atoms with Gasteiger partial charge in [0.25, 0.3) is 5.91 Å². The van der Waals surface area contributed by atoms with E-state index in [9.17, 15) is 18.0 Å². The number of nitrogens with zero attached hydrogens (tertiary/aromatic N) is 3. The summed E-state index contributed by atoms with van der Waals surface area (Å²) >= 11 is 0. The first-order valence-electron chi connectivity index (χ1n) is 11.5. The van der Waals surface area contributed by atoms with E-state index in [0.29, 0.717) is 17.3 Å². The van der Waals surface area contributed by atoms with Gasteiger partial charge >= 0.3 is 0 Å². The molecule has 4 rings (SSSR count). The van der Waals surface area contributed by atoms with Crippen LogP contribution in [0.25, 0.3) is 11.5 Å². The van der Waals surface area contributed by atoms with Gasteiger partial charge in [0.2, 0.25) is 11.8 Å². The van der Waals surface area contributed by atoms with Gasteiger partial charge in [-0.1, -0.05) is 12.1 Å². The number of nitrogens with one attached hydrogen (secondary N) is 1. The van der Waals surface area contributed by atoms with Gasteiger partial charge in [0.05, 0.1) is 12.1 Å². The van der Waals surface area contributed by atoms with Crippen molar-refractivity contribution in [1.82, 2.24) is 20.5 Å². The largest absolute Gasteiger partial charge is 0.446 e. The van der Waals surface area contributed by atoms with Gasteiger partial charge in [-0.05, 0) is 55.7 Å². The number of alkyl halides is 2. The quantitative estimate of drug-likeness (QED) is 0.331. The first-order valence-corrected chi connectivity index (χ1v) is 11.5. The Balaban J connectivity index is 1.63. The smallest absolute Gasteiger partial charge is 0.251 e. The highest BCUT2D eigenvalue weighted by Gasteiger charge is 2.30. The Morgan fingerprint density at radius 3 is 2.43 bits per heavy atom. The zero-order chi connectivity index (χ0) is 26.7. The molecule has 0 aliphatic heterocycles. The van der Waals surface area contributed by atoms with Crippen LogP contribution in [0.2, 0.25) is 0 Å². The molecule has 2 aromatic heterocycles. The molecule has 0 saturated carbocycles. The third kappa shape index (κ3) is 5.72. The molecule has 37 heavy (non-hydrogen) atoms. The average molecular weight is 514 g/mol. The molecule has 1 amide bonds. The number of oxazole rings is 1. The van der Waals surface area contributed by atoms with Crippen molar-refractivity contribution >= 4 is 5.91 Å². The number of carbonyl (C=O) groups excluding carboxylic acids is 1. The van der Waals surface area contributed by atoms with Gasteiger partial charge in [-0.25, -0.2) is 18.2 Å². The molecule has 2 heterocycles. The molecule has 8 nitrogen and oxygen atoms in total. The van der Waals surface area contributed by atoms with E-state index in [1.807, 2.05) is 0 Å². The van der Waals surface area contributed by atoms with Gasteiger partial charge in [0, 0.05) is 23.6 Å². The van der Waals surface area contributed by atoms with Crippen molar-refractivity contribution in [3.8, 4) is 11.5 Å². The maximum absolute atomic E-state index is 14.0. The zero-order valence-electron chi connectivity index (χ0n) is 20.6.